The van der Waals surface area contributed by atoms with Gasteiger partial charge in [0.2, 0.25) is 0 Å². The molecule has 24 heavy (non-hydrogen) atoms. The lowest BCUT2D eigenvalue weighted by Crippen LogP contribution is -2.39. The maximum atomic E-state index is 12.8. The second-order valence-corrected chi connectivity index (χ2v) is 6.17. The van der Waals surface area contributed by atoms with Crippen LogP contribution in [0.1, 0.15) is 26.3 Å². The van der Waals surface area contributed by atoms with Gasteiger partial charge in [-0.15, -0.1) is 0 Å². The molecule has 0 fully saturated rings. The highest BCUT2D eigenvalue weighted by Crippen LogP contribution is 2.34. The highest BCUT2D eigenvalue weighted by molar-refractivity contribution is 6.38. The molecule has 1 aliphatic rings. The molecule has 0 saturated carbocycles. The Balaban J connectivity index is 1.83. The Morgan fingerprint density at radius 3 is 2.25 bits per heavy atom. The summed E-state index contributed by atoms with van der Waals surface area (Å²) in [5.74, 6) is -0.616. The van der Waals surface area contributed by atoms with E-state index in [0.29, 0.717) is 27.2 Å². The number of nitrogens with zero attached hydrogens (tertiary/aromatic N) is 1. The van der Waals surface area contributed by atoms with E-state index in [4.69, 9.17) is 17.3 Å². The fourth-order valence-electron chi connectivity index (χ4n) is 3.06. The van der Waals surface area contributed by atoms with Crippen LogP contribution in [0.5, 0.6) is 0 Å². The van der Waals surface area contributed by atoms with Crippen molar-refractivity contribution in [2.24, 2.45) is 0 Å². The van der Waals surface area contributed by atoms with Crippen molar-refractivity contribution in [2.75, 3.05) is 5.73 Å². The van der Waals surface area contributed by atoms with Gasteiger partial charge in [0.25, 0.3) is 11.8 Å². The minimum absolute atomic E-state index is 0.205. The molecule has 4 nitrogen and oxygen atoms in total. The number of hydrogen-bond acceptors (Lipinski definition) is 3. The predicted molar refractivity (Wildman–Crippen MR) is 94.0 cm³/mol. The third-order valence-corrected chi connectivity index (χ3v) is 4.59. The Labute approximate surface area is 143 Å². The zero-order valence-electron chi connectivity index (χ0n) is 12.6. The molecular weight excluding hydrogens is 324 g/mol. The number of nitrogen functional groups attached to an aromatic ring is 1. The van der Waals surface area contributed by atoms with Crippen LogP contribution in [0.3, 0.4) is 0 Å². The highest BCUT2D eigenvalue weighted by Gasteiger charge is 2.33. The van der Waals surface area contributed by atoms with Gasteiger partial charge in [-0.25, -0.2) is 0 Å². The second-order valence-electron chi connectivity index (χ2n) is 5.76. The summed E-state index contributed by atoms with van der Waals surface area (Å²) in [6.45, 7) is 0.205. The van der Waals surface area contributed by atoms with Crippen LogP contribution >= 0.6 is 11.6 Å². The van der Waals surface area contributed by atoms with Crippen LogP contribution in [0, 0.1) is 0 Å². The van der Waals surface area contributed by atoms with Crippen LogP contribution in [0.15, 0.2) is 54.6 Å². The third-order valence-electron chi connectivity index (χ3n) is 4.26. The lowest BCUT2D eigenvalue weighted by Gasteiger charge is -2.27. The van der Waals surface area contributed by atoms with Crippen molar-refractivity contribution in [1.29, 1.82) is 0 Å². The highest BCUT2D eigenvalue weighted by atomic mass is 35.5. The zero-order chi connectivity index (χ0) is 16.8. The monoisotopic (exact) mass is 336 g/mol. The van der Waals surface area contributed by atoms with Crippen LogP contribution in [-0.2, 0) is 6.54 Å². The molecule has 0 bridgehead atoms. The van der Waals surface area contributed by atoms with Gasteiger partial charge in [0, 0.05) is 32.6 Å². The van der Waals surface area contributed by atoms with Crippen molar-refractivity contribution in [3.05, 3.63) is 76.3 Å². The fourth-order valence-corrected chi connectivity index (χ4v) is 3.28. The average molecular weight is 337 g/mol. The SMILES string of the molecule is Nc1ccc(CN2C(=O)c3cccc4c(Cl)ccc(c34)C2=O)cc1. The molecule has 3 aromatic rings. The lowest BCUT2D eigenvalue weighted by molar-refractivity contribution is 0.0598. The first kappa shape index (κ1) is 14.7. The molecule has 0 unspecified atom stereocenters. The fraction of sp³-hybridized carbons (Fsp3) is 0.0526. The third kappa shape index (κ3) is 2.15. The summed E-state index contributed by atoms with van der Waals surface area (Å²) in [6.07, 6.45) is 0. The van der Waals surface area contributed by atoms with Crippen molar-refractivity contribution in [1.82, 2.24) is 4.90 Å². The number of carbonyl (C=O) groups is 2. The molecule has 0 spiro atoms. The van der Waals surface area contributed by atoms with Gasteiger partial charge in [-0.2, -0.15) is 0 Å². The first-order valence-corrected chi connectivity index (χ1v) is 7.86. The summed E-state index contributed by atoms with van der Waals surface area (Å²) in [5.41, 5.74) is 8.16. The summed E-state index contributed by atoms with van der Waals surface area (Å²) < 4.78 is 0. The molecule has 0 radical (unpaired) electrons. The van der Waals surface area contributed by atoms with E-state index in [-0.39, 0.29) is 18.4 Å². The number of imide groups is 1. The molecule has 5 heteroatoms. The summed E-state index contributed by atoms with van der Waals surface area (Å²) in [6, 6.07) is 15.8. The number of benzene rings is 3. The first-order chi connectivity index (χ1) is 11.6. The van der Waals surface area contributed by atoms with Gasteiger partial charge >= 0.3 is 0 Å². The summed E-state index contributed by atoms with van der Waals surface area (Å²) in [7, 11) is 0. The molecule has 0 aromatic heterocycles. The zero-order valence-corrected chi connectivity index (χ0v) is 13.4. The van der Waals surface area contributed by atoms with Crippen LogP contribution in [0.2, 0.25) is 5.02 Å². The molecule has 0 saturated heterocycles. The van der Waals surface area contributed by atoms with Crippen LogP contribution in [0.4, 0.5) is 5.69 Å². The molecule has 4 rings (SSSR count). The minimum Gasteiger partial charge on any atom is -0.399 e. The van der Waals surface area contributed by atoms with Crippen molar-refractivity contribution in [2.45, 2.75) is 6.54 Å². The molecule has 2 N–H and O–H groups in total. The normalized spacial score (nSPS) is 13.6. The van der Waals surface area contributed by atoms with Crippen LogP contribution in [-0.4, -0.2) is 16.7 Å². The van der Waals surface area contributed by atoms with Gasteiger partial charge < -0.3 is 5.73 Å². The Kier molecular flexibility index (Phi) is 3.28. The molecule has 118 valence electrons. The molecule has 0 aliphatic carbocycles. The quantitative estimate of drug-likeness (QED) is 0.570. The lowest BCUT2D eigenvalue weighted by atomic mass is 9.93. The number of nitrogens with two attached hydrogens (primary N) is 1. The maximum Gasteiger partial charge on any atom is 0.261 e. The van der Waals surface area contributed by atoms with Gasteiger partial charge in [-0.3, -0.25) is 14.5 Å². The Hall–Kier alpha value is -2.85. The van der Waals surface area contributed by atoms with Crippen molar-refractivity contribution < 1.29 is 9.59 Å². The van der Waals surface area contributed by atoms with Crippen LogP contribution in [0.25, 0.3) is 10.8 Å². The van der Waals surface area contributed by atoms with Gasteiger partial charge in [0.05, 0.1) is 6.54 Å². The smallest absolute Gasteiger partial charge is 0.261 e. The average Bonchev–Trinajstić information content (AvgIpc) is 2.59. The number of halogens is 1. The van der Waals surface area contributed by atoms with E-state index in [1.165, 1.54) is 4.90 Å². The van der Waals surface area contributed by atoms with E-state index in [0.717, 1.165) is 10.9 Å². The molecule has 2 amide bonds. The number of hydrogen-bond donors (Lipinski definition) is 1. The maximum absolute atomic E-state index is 12.8. The molecule has 1 aliphatic heterocycles. The van der Waals surface area contributed by atoms with Crippen LogP contribution < -0.4 is 5.73 Å². The van der Waals surface area contributed by atoms with Gasteiger partial charge in [0.15, 0.2) is 0 Å². The van der Waals surface area contributed by atoms with E-state index in [9.17, 15) is 9.59 Å². The molecule has 0 atom stereocenters. The Bertz CT molecular complexity index is 974. The minimum atomic E-state index is -0.308. The topological polar surface area (TPSA) is 63.4 Å². The Morgan fingerprint density at radius 2 is 1.54 bits per heavy atom. The summed E-state index contributed by atoms with van der Waals surface area (Å²) in [4.78, 5) is 26.9. The van der Waals surface area contributed by atoms with Crippen molar-refractivity contribution in [3.63, 3.8) is 0 Å². The van der Waals surface area contributed by atoms with E-state index in [1.54, 1.807) is 36.4 Å². The van der Waals surface area contributed by atoms with E-state index in [1.807, 2.05) is 18.2 Å². The number of anilines is 1. The largest absolute Gasteiger partial charge is 0.399 e. The Morgan fingerprint density at radius 1 is 0.875 bits per heavy atom. The van der Waals surface area contributed by atoms with E-state index in [2.05, 4.69) is 0 Å². The van der Waals surface area contributed by atoms with Crippen molar-refractivity contribution >= 4 is 39.9 Å². The number of amides is 2. The molecular formula is C19H13ClN2O2. The van der Waals surface area contributed by atoms with E-state index < -0.39 is 0 Å². The standard InChI is InChI=1S/C19H13ClN2O2/c20-16-9-8-15-17-13(16)2-1-3-14(17)18(23)22(19(15)24)10-11-4-6-12(21)7-5-11/h1-9H,10,21H2. The van der Waals surface area contributed by atoms with Gasteiger partial charge in [-0.05, 0) is 35.9 Å². The second kappa shape index (κ2) is 5.35. The predicted octanol–water partition coefficient (Wildman–Crippen LogP) is 3.87. The molecule has 1 heterocycles. The van der Waals surface area contributed by atoms with Crippen molar-refractivity contribution in [3.8, 4) is 0 Å². The first-order valence-electron chi connectivity index (χ1n) is 7.48. The number of carbonyl (C=O) groups excluding carboxylic acids is 2. The van der Waals surface area contributed by atoms with E-state index >= 15 is 0 Å². The van der Waals surface area contributed by atoms with Gasteiger partial charge in [0.1, 0.15) is 0 Å². The van der Waals surface area contributed by atoms with Gasteiger partial charge in [-0.1, -0.05) is 35.9 Å². The summed E-state index contributed by atoms with van der Waals surface area (Å²) in [5, 5.41) is 1.89. The summed E-state index contributed by atoms with van der Waals surface area (Å²) >= 11 is 6.21. The molecule has 3 aromatic carbocycles. The number of rotatable bonds is 2.